The van der Waals surface area contributed by atoms with Crippen LogP contribution in [0.25, 0.3) is 0 Å². The van der Waals surface area contributed by atoms with Crippen molar-refractivity contribution in [3.63, 3.8) is 0 Å². The van der Waals surface area contributed by atoms with Crippen LogP contribution in [0.15, 0.2) is 11.6 Å². The topological polar surface area (TPSA) is 37.3 Å². The summed E-state index contributed by atoms with van der Waals surface area (Å²) in [5.74, 6) is 1.84. The molecule has 0 bridgehead atoms. The molecule has 94 valence electrons. The first-order valence-electron chi connectivity index (χ1n) is 6.72. The predicted octanol–water partition coefficient (Wildman–Crippen LogP) is 2.56. The van der Waals surface area contributed by atoms with Gasteiger partial charge < -0.3 is 5.11 Å². The van der Waals surface area contributed by atoms with E-state index in [9.17, 15) is 9.90 Å². The molecule has 2 nitrogen and oxygen atoms in total. The van der Waals surface area contributed by atoms with E-state index < -0.39 is 6.10 Å². The molecular weight excluding hydrogens is 212 g/mol. The number of fused-ring (bicyclic) bond motifs is 3. The SMILES string of the molecule is C[C@@H]1CC(=O)C=C2[C@H](O)C[C@@H]3[C@@H](C3(C)C)[C@]21C. The Morgan fingerprint density at radius 3 is 2.65 bits per heavy atom. The molecule has 0 aromatic heterocycles. The zero-order valence-electron chi connectivity index (χ0n) is 11.2. The molecular formula is C15H22O2. The first-order valence-corrected chi connectivity index (χ1v) is 6.72. The van der Waals surface area contributed by atoms with Crippen molar-refractivity contribution in [2.75, 3.05) is 0 Å². The van der Waals surface area contributed by atoms with Crippen molar-refractivity contribution in [3.05, 3.63) is 11.6 Å². The van der Waals surface area contributed by atoms with Crippen molar-refractivity contribution >= 4 is 5.78 Å². The number of carbonyl (C=O) groups is 1. The molecule has 2 fully saturated rings. The number of allylic oxidation sites excluding steroid dienone is 1. The highest BCUT2D eigenvalue weighted by molar-refractivity contribution is 5.92. The maximum Gasteiger partial charge on any atom is 0.156 e. The number of aliphatic hydroxyl groups excluding tert-OH is 1. The van der Waals surface area contributed by atoms with Crippen molar-refractivity contribution in [2.45, 2.75) is 46.6 Å². The highest BCUT2D eigenvalue weighted by atomic mass is 16.3. The van der Waals surface area contributed by atoms with Gasteiger partial charge in [-0.2, -0.15) is 0 Å². The molecule has 1 N–H and O–H groups in total. The Morgan fingerprint density at radius 1 is 1.35 bits per heavy atom. The maximum atomic E-state index is 11.7. The zero-order chi connectivity index (χ0) is 12.6. The standard InChI is InChI=1S/C15H22O2/c1-8-5-9(16)6-10-12(17)7-11-13(14(11,2)3)15(8,10)4/h6,8,11-13,17H,5,7H2,1-4H3/t8-,11-,12-,13+,15+/m1/s1. The van der Waals surface area contributed by atoms with E-state index in [-0.39, 0.29) is 11.2 Å². The molecule has 0 radical (unpaired) electrons. The van der Waals surface area contributed by atoms with Crippen LogP contribution in [0.3, 0.4) is 0 Å². The molecule has 0 aromatic carbocycles. The molecule has 3 rings (SSSR count). The molecule has 0 spiro atoms. The first kappa shape index (κ1) is 11.5. The molecule has 2 heteroatoms. The van der Waals surface area contributed by atoms with E-state index in [1.54, 1.807) is 6.08 Å². The average Bonchev–Trinajstić information content (AvgIpc) is 2.74. The Kier molecular flexibility index (Phi) is 2.04. The highest BCUT2D eigenvalue weighted by Gasteiger charge is 2.70. The van der Waals surface area contributed by atoms with Gasteiger partial charge in [-0.3, -0.25) is 4.79 Å². The lowest BCUT2D eigenvalue weighted by Crippen LogP contribution is -2.43. The van der Waals surface area contributed by atoms with Gasteiger partial charge in [0.2, 0.25) is 0 Å². The summed E-state index contributed by atoms with van der Waals surface area (Å²) in [5.41, 5.74) is 1.40. The van der Waals surface area contributed by atoms with Crippen LogP contribution in [0.4, 0.5) is 0 Å². The van der Waals surface area contributed by atoms with Crippen LogP contribution in [-0.4, -0.2) is 17.0 Å². The lowest BCUT2D eigenvalue weighted by atomic mass is 9.59. The Morgan fingerprint density at radius 2 is 2.00 bits per heavy atom. The maximum absolute atomic E-state index is 11.7. The highest BCUT2D eigenvalue weighted by Crippen LogP contribution is 2.74. The van der Waals surface area contributed by atoms with Gasteiger partial charge in [0, 0.05) is 6.42 Å². The molecule has 0 heterocycles. The van der Waals surface area contributed by atoms with Gasteiger partial charge in [-0.05, 0) is 46.7 Å². The van der Waals surface area contributed by atoms with Crippen molar-refractivity contribution in [1.82, 2.24) is 0 Å². The fourth-order valence-electron chi connectivity index (χ4n) is 4.87. The van der Waals surface area contributed by atoms with Gasteiger partial charge in [0.25, 0.3) is 0 Å². The normalized spacial score (nSPS) is 51.4. The van der Waals surface area contributed by atoms with E-state index in [0.29, 0.717) is 29.6 Å². The number of hydrogen-bond donors (Lipinski definition) is 1. The second-order valence-corrected chi connectivity index (χ2v) is 7.11. The summed E-state index contributed by atoms with van der Waals surface area (Å²) in [6.07, 6.45) is 2.84. The van der Waals surface area contributed by atoms with Crippen molar-refractivity contribution in [1.29, 1.82) is 0 Å². The van der Waals surface area contributed by atoms with Crippen LogP contribution in [0, 0.1) is 28.6 Å². The molecule has 0 amide bonds. The van der Waals surface area contributed by atoms with Crippen LogP contribution >= 0.6 is 0 Å². The Hall–Kier alpha value is -0.630. The monoisotopic (exact) mass is 234 g/mol. The molecule has 5 atom stereocenters. The summed E-state index contributed by atoms with van der Waals surface area (Å²) in [6.45, 7) is 9.07. The lowest BCUT2D eigenvalue weighted by Gasteiger charge is -2.46. The van der Waals surface area contributed by atoms with Gasteiger partial charge in [0.05, 0.1) is 6.10 Å². The van der Waals surface area contributed by atoms with E-state index in [1.165, 1.54) is 0 Å². The number of aliphatic hydroxyl groups is 1. The lowest BCUT2D eigenvalue weighted by molar-refractivity contribution is -0.117. The quantitative estimate of drug-likeness (QED) is 0.699. The van der Waals surface area contributed by atoms with Gasteiger partial charge in [-0.1, -0.05) is 27.7 Å². The van der Waals surface area contributed by atoms with E-state index in [1.807, 2.05) is 0 Å². The van der Waals surface area contributed by atoms with Crippen LogP contribution < -0.4 is 0 Å². The Bertz CT molecular complexity index is 421. The molecule has 0 saturated heterocycles. The van der Waals surface area contributed by atoms with Crippen molar-refractivity contribution in [3.8, 4) is 0 Å². The first-order chi connectivity index (χ1) is 7.79. The van der Waals surface area contributed by atoms with Crippen molar-refractivity contribution < 1.29 is 9.90 Å². The van der Waals surface area contributed by atoms with E-state index in [4.69, 9.17) is 0 Å². The summed E-state index contributed by atoms with van der Waals surface area (Å²) >= 11 is 0. The number of carbonyl (C=O) groups excluding carboxylic acids is 1. The van der Waals surface area contributed by atoms with E-state index >= 15 is 0 Å². The summed E-state index contributed by atoms with van der Waals surface area (Å²) in [7, 11) is 0. The smallest absolute Gasteiger partial charge is 0.156 e. The third-order valence-electron chi connectivity index (χ3n) is 6.00. The summed E-state index contributed by atoms with van der Waals surface area (Å²) in [4.78, 5) is 11.7. The summed E-state index contributed by atoms with van der Waals surface area (Å²) < 4.78 is 0. The van der Waals surface area contributed by atoms with E-state index in [2.05, 4.69) is 27.7 Å². The second-order valence-electron chi connectivity index (χ2n) is 7.11. The van der Waals surface area contributed by atoms with Gasteiger partial charge in [0.15, 0.2) is 5.78 Å². The Balaban J connectivity index is 2.11. The van der Waals surface area contributed by atoms with Gasteiger partial charge >= 0.3 is 0 Å². The summed E-state index contributed by atoms with van der Waals surface area (Å²) in [5, 5.41) is 10.3. The van der Waals surface area contributed by atoms with E-state index in [0.717, 1.165) is 12.0 Å². The van der Waals surface area contributed by atoms with Gasteiger partial charge in [0.1, 0.15) is 0 Å². The predicted molar refractivity (Wildman–Crippen MR) is 66.4 cm³/mol. The minimum Gasteiger partial charge on any atom is -0.389 e. The second kappa shape index (κ2) is 3.03. The number of hydrogen-bond acceptors (Lipinski definition) is 2. The third kappa shape index (κ3) is 1.22. The van der Waals surface area contributed by atoms with Crippen molar-refractivity contribution in [2.24, 2.45) is 28.6 Å². The molecule has 2 saturated carbocycles. The molecule has 0 aliphatic heterocycles. The van der Waals surface area contributed by atoms with Crippen LogP contribution in [0.5, 0.6) is 0 Å². The third-order valence-corrected chi connectivity index (χ3v) is 6.00. The molecule has 17 heavy (non-hydrogen) atoms. The van der Waals surface area contributed by atoms with Gasteiger partial charge in [-0.25, -0.2) is 0 Å². The average molecular weight is 234 g/mol. The molecule has 0 aromatic rings. The largest absolute Gasteiger partial charge is 0.389 e. The fourth-order valence-corrected chi connectivity index (χ4v) is 4.87. The molecule has 3 aliphatic carbocycles. The molecule has 3 aliphatic rings. The number of rotatable bonds is 0. The minimum absolute atomic E-state index is 0.0414. The zero-order valence-corrected chi connectivity index (χ0v) is 11.2. The van der Waals surface area contributed by atoms with Crippen LogP contribution in [0.2, 0.25) is 0 Å². The minimum atomic E-state index is -0.394. The fraction of sp³-hybridized carbons (Fsp3) is 0.800. The number of ketones is 1. The van der Waals surface area contributed by atoms with Crippen LogP contribution in [0.1, 0.15) is 40.5 Å². The Labute approximate surface area is 103 Å². The summed E-state index contributed by atoms with van der Waals surface area (Å²) in [6, 6.07) is 0. The molecule has 0 unspecified atom stereocenters. The van der Waals surface area contributed by atoms with Crippen LogP contribution in [-0.2, 0) is 4.79 Å². The van der Waals surface area contributed by atoms with Gasteiger partial charge in [-0.15, -0.1) is 0 Å².